The molecule has 0 radical (unpaired) electrons. The van der Waals surface area contributed by atoms with Gasteiger partial charge < -0.3 is 10.1 Å². The summed E-state index contributed by atoms with van der Waals surface area (Å²) >= 11 is 0. The molecule has 0 saturated carbocycles. The van der Waals surface area contributed by atoms with Gasteiger partial charge in [0.1, 0.15) is 12.4 Å². The lowest BCUT2D eigenvalue weighted by Crippen LogP contribution is -2.26. The van der Waals surface area contributed by atoms with E-state index in [0.717, 1.165) is 22.4 Å². The second-order valence-corrected chi connectivity index (χ2v) is 6.27. The number of carbonyl (C=O) groups excluding carboxylic acids is 1. The fraction of sp³-hybridized carbons (Fsp3) is 0.130. The van der Waals surface area contributed by atoms with E-state index in [1.54, 1.807) is 6.21 Å². The number of ether oxygens (including phenoxy) is 1. The van der Waals surface area contributed by atoms with Gasteiger partial charge in [0.05, 0.1) is 12.8 Å². The Bertz CT molecular complexity index is 939. The summed E-state index contributed by atoms with van der Waals surface area (Å²) in [6.07, 6.45) is 1.59. The van der Waals surface area contributed by atoms with Gasteiger partial charge in [0.2, 0.25) is 0 Å². The van der Waals surface area contributed by atoms with E-state index in [2.05, 4.69) is 15.8 Å². The minimum absolute atomic E-state index is 0.147. The van der Waals surface area contributed by atoms with Crippen LogP contribution in [0.1, 0.15) is 16.7 Å². The molecule has 0 aromatic heterocycles. The number of nitrogens with zero attached hydrogens (tertiary/aromatic N) is 1. The number of benzene rings is 3. The molecule has 0 atom stereocenters. The van der Waals surface area contributed by atoms with E-state index in [9.17, 15) is 4.79 Å². The van der Waals surface area contributed by atoms with Gasteiger partial charge in [0, 0.05) is 11.3 Å². The lowest BCUT2D eigenvalue weighted by atomic mass is 10.2. The number of rotatable bonds is 8. The Hall–Kier alpha value is -3.60. The molecule has 28 heavy (non-hydrogen) atoms. The maximum Gasteiger partial charge on any atom is 0.259 e. The Morgan fingerprint density at radius 3 is 2.50 bits per heavy atom. The molecule has 142 valence electrons. The van der Waals surface area contributed by atoms with E-state index in [1.165, 1.54) is 0 Å². The third-order valence-electron chi connectivity index (χ3n) is 4.13. The normalized spacial score (nSPS) is 10.6. The topological polar surface area (TPSA) is 62.7 Å². The van der Waals surface area contributed by atoms with Crippen LogP contribution in [0.15, 0.2) is 84.0 Å². The molecular weight excluding hydrogens is 350 g/mol. The fourth-order valence-electron chi connectivity index (χ4n) is 2.61. The standard InChI is InChI=1S/C23H23N3O2/c1-18-9-5-7-13-21(18)24-16-23(27)26-25-15-20-12-6-8-14-22(20)28-17-19-10-3-2-4-11-19/h2-15,24H,16-17H2,1H3,(H,26,27)/b25-15-. The van der Waals surface area contributed by atoms with Crippen molar-refractivity contribution in [2.75, 3.05) is 11.9 Å². The first-order valence-electron chi connectivity index (χ1n) is 9.09. The van der Waals surface area contributed by atoms with E-state index in [-0.39, 0.29) is 12.5 Å². The van der Waals surface area contributed by atoms with Gasteiger partial charge in [0.25, 0.3) is 5.91 Å². The van der Waals surface area contributed by atoms with Gasteiger partial charge in [0.15, 0.2) is 0 Å². The number of hydrogen-bond acceptors (Lipinski definition) is 4. The number of nitrogens with one attached hydrogen (secondary N) is 2. The van der Waals surface area contributed by atoms with E-state index < -0.39 is 0 Å². The first-order valence-corrected chi connectivity index (χ1v) is 9.09. The highest BCUT2D eigenvalue weighted by Crippen LogP contribution is 2.17. The number of para-hydroxylation sites is 2. The third-order valence-corrected chi connectivity index (χ3v) is 4.13. The van der Waals surface area contributed by atoms with Crippen molar-refractivity contribution in [2.24, 2.45) is 5.10 Å². The molecule has 0 aliphatic heterocycles. The number of amides is 1. The van der Waals surface area contributed by atoms with Crippen molar-refractivity contribution in [3.05, 3.63) is 95.6 Å². The van der Waals surface area contributed by atoms with Gasteiger partial charge in [-0.15, -0.1) is 0 Å². The van der Waals surface area contributed by atoms with E-state index in [4.69, 9.17) is 4.74 Å². The van der Waals surface area contributed by atoms with Crippen LogP contribution in [-0.4, -0.2) is 18.7 Å². The Morgan fingerprint density at radius 2 is 1.68 bits per heavy atom. The van der Waals surface area contributed by atoms with Crippen LogP contribution in [0.4, 0.5) is 5.69 Å². The molecule has 1 amide bonds. The lowest BCUT2D eigenvalue weighted by molar-refractivity contribution is -0.119. The lowest BCUT2D eigenvalue weighted by Gasteiger charge is -2.09. The summed E-state index contributed by atoms with van der Waals surface area (Å²) in [7, 11) is 0. The molecular formula is C23H23N3O2. The molecule has 3 rings (SSSR count). The first kappa shape index (κ1) is 19.2. The molecule has 5 heteroatoms. The summed E-state index contributed by atoms with van der Waals surface area (Å²) in [6, 6.07) is 25.3. The Kier molecular flexibility index (Phi) is 6.79. The van der Waals surface area contributed by atoms with Crippen molar-refractivity contribution in [1.29, 1.82) is 0 Å². The van der Waals surface area contributed by atoms with E-state index in [1.807, 2.05) is 85.8 Å². The zero-order valence-corrected chi connectivity index (χ0v) is 15.8. The number of hydrazone groups is 1. The number of aryl methyl sites for hydroxylation is 1. The molecule has 0 aliphatic carbocycles. The Morgan fingerprint density at radius 1 is 0.964 bits per heavy atom. The van der Waals surface area contributed by atoms with Crippen molar-refractivity contribution in [3.63, 3.8) is 0 Å². The molecule has 3 aromatic carbocycles. The zero-order valence-electron chi connectivity index (χ0n) is 15.8. The van der Waals surface area contributed by atoms with Crippen molar-refractivity contribution >= 4 is 17.8 Å². The summed E-state index contributed by atoms with van der Waals surface area (Å²) in [5.74, 6) is 0.490. The molecule has 3 aromatic rings. The predicted octanol–water partition coefficient (Wildman–Crippen LogP) is 4.14. The smallest absolute Gasteiger partial charge is 0.259 e. The monoisotopic (exact) mass is 373 g/mol. The van der Waals surface area contributed by atoms with Crippen molar-refractivity contribution in [2.45, 2.75) is 13.5 Å². The molecule has 5 nitrogen and oxygen atoms in total. The van der Waals surface area contributed by atoms with Gasteiger partial charge in [-0.05, 0) is 36.2 Å². The Labute approximate surface area is 165 Å². The van der Waals surface area contributed by atoms with Crippen molar-refractivity contribution in [3.8, 4) is 5.75 Å². The SMILES string of the molecule is Cc1ccccc1NCC(=O)N/N=C\c1ccccc1OCc1ccccc1. The first-order chi connectivity index (χ1) is 13.7. The average Bonchev–Trinajstić information content (AvgIpc) is 2.73. The van der Waals surface area contributed by atoms with Crippen molar-refractivity contribution < 1.29 is 9.53 Å². The molecule has 0 unspecified atom stereocenters. The summed E-state index contributed by atoms with van der Waals surface area (Å²) in [5.41, 5.74) is 6.44. The zero-order chi connectivity index (χ0) is 19.6. The minimum atomic E-state index is -0.220. The van der Waals surface area contributed by atoms with Gasteiger partial charge in [-0.2, -0.15) is 5.10 Å². The summed E-state index contributed by atoms with van der Waals surface area (Å²) in [4.78, 5) is 12.0. The van der Waals surface area contributed by atoms with Crippen LogP contribution in [0.5, 0.6) is 5.75 Å². The number of hydrogen-bond donors (Lipinski definition) is 2. The highest BCUT2D eigenvalue weighted by atomic mass is 16.5. The molecule has 0 aliphatic rings. The van der Waals surface area contributed by atoms with Crippen LogP contribution >= 0.6 is 0 Å². The summed E-state index contributed by atoms with van der Waals surface area (Å²) in [5, 5.41) is 7.15. The number of anilines is 1. The Balaban J connectivity index is 1.52. The predicted molar refractivity (Wildman–Crippen MR) is 113 cm³/mol. The average molecular weight is 373 g/mol. The van der Waals surface area contributed by atoms with E-state index >= 15 is 0 Å². The molecule has 0 spiro atoms. The van der Waals surface area contributed by atoms with Gasteiger partial charge >= 0.3 is 0 Å². The third kappa shape index (κ3) is 5.71. The van der Waals surface area contributed by atoms with Crippen LogP contribution in [0.3, 0.4) is 0 Å². The van der Waals surface area contributed by atoms with Gasteiger partial charge in [-0.3, -0.25) is 4.79 Å². The second-order valence-electron chi connectivity index (χ2n) is 6.27. The molecule has 2 N–H and O–H groups in total. The summed E-state index contributed by atoms with van der Waals surface area (Å²) < 4.78 is 5.88. The molecule has 0 bridgehead atoms. The molecule has 0 fully saturated rings. The van der Waals surface area contributed by atoms with Gasteiger partial charge in [-0.25, -0.2) is 5.43 Å². The highest BCUT2D eigenvalue weighted by molar-refractivity contribution is 5.86. The molecule has 0 saturated heterocycles. The second kappa shape index (κ2) is 9.92. The largest absolute Gasteiger partial charge is 0.488 e. The van der Waals surface area contributed by atoms with Crippen LogP contribution in [-0.2, 0) is 11.4 Å². The summed E-state index contributed by atoms with van der Waals surface area (Å²) in [6.45, 7) is 2.61. The molecule has 0 heterocycles. The van der Waals surface area contributed by atoms with Gasteiger partial charge in [-0.1, -0.05) is 60.7 Å². The quantitative estimate of drug-likeness (QED) is 0.461. The van der Waals surface area contributed by atoms with E-state index in [0.29, 0.717) is 12.4 Å². The van der Waals surface area contributed by atoms with Crippen LogP contribution < -0.4 is 15.5 Å². The maximum absolute atomic E-state index is 12.0. The van der Waals surface area contributed by atoms with Crippen LogP contribution in [0.25, 0.3) is 0 Å². The van der Waals surface area contributed by atoms with Crippen LogP contribution in [0, 0.1) is 6.92 Å². The maximum atomic E-state index is 12.0. The van der Waals surface area contributed by atoms with Crippen LogP contribution in [0.2, 0.25) is 0 Å². The number of carbonyl (C=O) groups is 1. The fourth-order valence-corrected chi connectivity index (χ4v) is 2.61. The van der Waals surface area contributed by atoms with Crippen molar-refractivity contribution in [1.82, 2.24) is 5.43 Å². The minimum Gasteiger partial charge on any atom is -0.488 e. The highest BCUT2D eigenvalue weighted by Gasteiger charge is 2.03.